The van der Waals surface area contributed by atoms with Crippen LogP contribution >= 0.6 is 0 Å². The molecule has 0 saturated carbocycles. The molecular formula is C15H21F2NO4S. The van der Waals surface area contributed by atoms with Gasteiger partial charge in [0.15, 0.2) is 9.84 Å². The third kappa shape index (κ3) is 5.16. The average Bonchev–Trinajstić information content (AvgIpc) is 2.46. The first-order valence-corrected chi connectivity index (χ1v) is 8.74. The molecule has 0 unspecified atom stereocenters. The molecule has 0 aliphatic rings. The zero-order valence-electron chi connectivity index (χ0n) is 13.4. The molecule has 1 N–H and O–H groups in total. The van der Waals surface area contributed by atoms with Crippen molar-refractivity contribution in [3.05, 3.63) is 29.8 Å². The normalized spacial score (nSPS) is 14.6. The number of amides is 1. The number of hydrogen-bond donors (Lipinski definition) is 1. The SMILES string of the molecule is CC(C)S(=O)(=O)[C@H](C)C(=O)N[C@H](C)c1ccc(OC(F)F)cc1. The largest absolute Gasteiger partial charge is 0.435 e. The summed E-state index contributed by atoms with van der Waals surface area (Å²) in [6, 6.07) is 5.32. The first-order valence-electron chi connectivity index (χ1n) is 7.13. The van der Waals surface area contributed by atoms with Crippen LogP contribution in [0.25, 0.3) is 0 Å². The van der Waals surface area contributed by atoms with Gasteiger partial charge in [0.2, 0.25) is 5.91 Å². The quantitative estimate of drug-likeness (QED) is 0.821. The van der Waals surface area contributed by atoms with Crippen LogP contribution in [-0.4, -0.2) is 31.4 Å². The number of carbonyl (C=O) groups is 1. The first kappa shape index (κ1) is 19.3. The minimum atomic E-state index is -3.54. The van der Waals surface area contributed by atoms with E-state index in [4.69, 9.17) is 0 Å². The molecule has 0 fully saturated rings. The molecule has 0 spiro atoms. The highest BCUT2D eigenvalue weighted by Gasteiger charge is 2.31. The second-order valence-corrected chi connectivity index (χ2v) is 8.29. The van der Waals surface area contributed by atoms with E-state index in [0.717, 1.165) is 0 Å². The zero-order valence-corrected chi connectivity index (χ0v) is 14.2. The molecule has 2 atom stereocenters. The van der Waals surface area contributed by atoms with Crippen molar-refractivity contribution in [3.8, 4) is 5.75 Å². The van der Waals surface area contributed by atoms with Crippen molar-refractivity contribution in [2.45, 2.75) is 50.8 Å². The van der Waals surface area contributed by atoms with E-state index in [9.17, 15) is 22.0 Å². The Kier molecular flexibility index (Phi) is 6.49. The summed E-state index contributed by atoms with van der Waals surface area (Å²) in [7, 11) is -3.54. The van der Waals surface area contributed by atoms with E-state index in [-0.39, 0.29) is 5.75 Å². The topological polar surface area (TPSA) is 72.5 Å². The Labute approximate surface area is 134 Å². The second kappa shape index (κ2) is 7.72. The number of hydrogen-bond acceptors (Lipinski definition) is 4. The minimum absolute atomic E-state index is 0.0121. The second-order valence-electron chi connectivity index (χ2n) is 5.46. The lowest BCUT2D eigenvalue weighted by atomic mass is 10.1. The maximum atomic E-state index is 12.1. The molecule has 1 aromatic rings. The molecule has 1 aromatic carbocycles. The highest BCUT2D eigenvalue weighted by Crippen LogP contribution is 2.20. The van der Waals surface area contributed by atoms with Crippen LogP contribution in [0, 0.1) is 0 Å². The Morgan fingerprint density at radius 2 is 1.61 bits per heavy atom. The average molecular weight is 349 g/mol. The van der Waals surface area contributed by atoms with Gasteiger partial charge >= 0.3 is 6.61 Å². The smallest absolute Gasteiger partial charge is 0.387 e. The number of alkyl halides is 2. The molecule has 0 radical (unpaired) electrons. The van der Waals surface area contributed by atoms with Crippen LogP contribution in [0.1, 0.15) is 39.3 Å². The van der Waals surface area contributed by atoms with Gasteiger partial charge in [-0.15, -0.1) is 0 Å². The predicted molar refractivity (Wildman–Crippen MR) is 83.1 cm³/mol. The number of benzene rings is 1. The molecule has 5 nitrogen and oxygen atoms in total. The van der Waals surface area contributed by atoms with Crippen molar-refractivity contribution in [2.24, 2.45) is 0 Å². The monoisotopic (exact) mass is 349 g/mol. The Balaban J connectivity index is 2.75. The standard InChI is InChI=1S/C15H21F2NO4S/c1-9(2)23(20,21)11(4)14(19)18-10(3)12-5-7-13(8-6-12)22-15(16)17/h5-11,15H,1-4H3,(H,18,19)/t10-,11-/m1/s1. The summed E-state index contributed by atoms with van der Waals surface area (Å²) in [4.78, 5) is 12.1. The number of carbonyl (C=O) groups excluding carboxylic acids is 1. The Bertz CT molecular complexity index is 629. The molecule has 23 heavy (non-hydrogen) atoms. The van der Waals surface area contributed by atoms with Crippen molar-refractivity contribution in [1.82, 2.24) is 5.32 Å². The van der Waals surface area contributed by atoms with Gasteiger partial charge < -0.3 is 10.1 Å². The molecule has 0 heterocycles. The summed E-state index contributed by atoms with van der Waals surface area (Å²) < 4.78 is 52.4. The number of nitrogens with one attached hydrogen (secondary N) is 1. The van der Waals surface area contributed by atoms with E-state index in [1.165, 1.54) is 45.0 Å². The van der Waals surface area contributed by atoms with Crippen LogP contribution in [0.15, 0.2) is 24.3 Å². The fourth-order valence-electron chi connectivity index (χ4n) is 1.91. The van der Waals surface area contributed by atoms with E-state index < -0.39 is 38.9 Å². The number of halogens is 2. The highest BCUT2D eigenvalue weighted by molar-refractivity contribution is 7.93. The lowest BCUT2D eigenvalue weighted by molar-refractivity contribution is -0.121. The maximum absolute atomic E-state index is 12.1. The molecule has 0 aromatic heterocycles. The summed E-state index contributed by atoms with van der Waals surface area (Å²) in [5.74, 6) is -0.586. The summed E-state index contributed by atoms with van der Waals surface area (Å²) >= 11 is 0. The van der Waals surface area contributed by atoms with Crippen molar-refractivity contribution in [3.63, 3.8) is 0 Å². The number of rotatable bonds is 7. The van der Waals surface area contributed by atoms with E-state index in [1.54, 1.807) is 6.92 Å². The van der Waals surface area contributed by atoms with Crippen molar-refractivity contribution in [2.75, 3.05) is 0 Å². The maximum Gasteiger partial charge on any atom is 0.387 e. The van der Waals surface area contributed by atoms with Crippen LogP contribution in [0.5, 0.6) is 5.75 Å². The molecule has 0 aliphatic carbocycles. The molecular weight excluding hydrogens is 328 g/mol. The third-order valence-electron chi connectivity index (χ3n) is 3.48. The summed E-state index contributed by atoms with van der Waals surface area (Å²) in [6.45, 7) is 3.15. The molecule has 0 bridgehead atoms. The van der Waals surface area contributed by atoms with Gasteiger partial charge in [0, 0.05) is 0 Å². The highest BCUT2D eigenvalue weighted by atomic mass is 32.2. The summed E-state index contributed by atoms with van der Waals surface area (Å²) in [5.41, 5.74) is 0.647. The summed E-state index contributed by atoms with van der Waals surface area (Å²) in [5, 5.41) is 0.801. The summed E-state index contributed by atoms with van der Waals surface area (Å²) in [6.07, 6.45) is 0. The molecule has 8 heteroatoms. The van der Waals surface area contributed by atoms with Crippen LogP contribution < -0.4 is 10.1 Å². The fourth-order valence-corrected chi connectivity index (χ4v) is 3.09. The lowest BCUT2D eigenvalue weighted by Gasteiger charge is -2.19. The Morgan fingerprint density at radius 1 is 1.09 bits per heavy atom. The van der Waals surface area contributed by atoms with Gasteiger partial charge in [-0.2, -0.15) is 8.78 Å². The van der Waals surface area contributed by atoms with Gasteiger partial charge in [0.25, 0.3) is 0 Å². The first-order chi connectivity index (χ1) is 10.6. The molecule has 0 saturated heterocycles. The van der Waals surface area contributed by atoms with Gasteiger partial charge in [-0.05, 0) is 45.4 Å². The molecule has 1 amide bonds. The van der Waals surface area contributed by atoms with Gasteiger partial charge in [-0.1, -0.05) is 12.1 Å². The molecule has 130 valence electrons. The lowest BCUT2D eigenvalue weighted by Crippen LogP contribution is -2.41. The van der Waals surface area contributed by atoms with Gasteiger partial charge in [0.05, 0.1) is 11.3 Å². The van der Waals surface area contributed by atoms with E-state index >= 15 is 0 Å². The molecule has 1 rings (SSSR count). The van der Waals surface area contributed by atoms with Gasteiger partial charge in [-0.25, -0.2) is 8.42 Å². The van der Waals surface area contributed by atoms with E-state index in [0.29, 0.717) is 5.56 Å². The number of sulfone groups is 1. The van der Waals surface area contributed by atoms with E-state index in [2.05, 4.69) is 10.1 Å². The Morgan fingerprint density at radius 3 is 2.04 bits per heavy atom. The van der Waals surface area contributed by atoms with Crippen LogP contribution in [0.4, 0.5) is 8.78 Å². The Hall–Kier alpha value is -1.70. The minimum Gasteiger partial charge on any atom is -0.435 e. The fraction of sp³-hybridized carbons (Fsp3) is 0.533. The number of ether oxygens (including phenoxy) is 1. The van der Waals surface area contributed by atoms with E-state index in [1.807, 2.05) is 0 Å². The zero-order chi connectivity index (χ0) is 17.8. The predicted octanol–water partition coefficient (Wildman–Crippen LogP) is 2.68. The van der Waals surface area contributed by atoms with Crippen LogP contribution in [-0.2, 0) is 14.6 Å². The van der Waals surface area contributed by atoms with Gasteiger partial charge in [-0.3, -0.25) is 4.79 Å². The third-order valence-corrected chi connectivity index (χ3v) is 6.00. The van der Waals surface area contributed by atoms with Crippen LogP contribution in [0.3, 0.4) is 0 Å². The van der Waals surface area contributed by atoms with Crippen molar-refractivity contribution >= 4 is 15.7 Å². The van der Waals surface area contributed by atoms with Crippen molar-refractivity contribution in [1.29, 1.82) is 0 Å². The van der Waals surface area contributed by atoms with Crippen LogP contribution in [0.2, 0.25) is 0 Å². The van der Waals surface area contributed by atoms with Crippen molar-refractivity contribution < 1.29 is 26.7 Å². The molecule has 0 aliphatic heterocycles. The van der Waals surface area contributed by atoms with Gasteiger partial charge in [0.1, 0.15) is 11.0 Å².